The van der Waals surface area contributed by atoms with Gasteiger partial charge in [-0.3, -0.25) is 4.79 Å². The molecule has 1 aliphatic rings. The second-order valence-corrected chi connectivity index (χ2v) is 7.94. The number of benzene rings is 1. The molecule has 0 spiro atoms. The van der Waals surface area contributed by atoms with E-state index in [1.165, 1.54) is 11.3 Å². The standard InChI is InChI=1S/C16H15Cl2N7O2S/c17-11-2-1-10(7-12(11)18)23-3-5-24(6-4-23)16-19-8-13(28-16)15-20-22-25(21-15)9-14(26)27/h1-2,7-8H,3-6,9H2,(H,26,27). The number of tetrazole rings is 1. The number of carboxylic acid groups (broad SMARTS) is 1. The minimum atomic E-state index is -1.02. The van der Waals surface area contributed by atoms with Gasteiger partial charge in [-0.15, -0.1) is 10.2 Å². The summed E-state index contributed by atoms with van der Waals surface area (Å²) in [6, 6.07) is 5.66. The zero-order valence-corrected chi connectivity index (χ0v) is 16.8. The molecule has 1 fully saturated rings. The van der Waals surface area contributed by atoms with Gasteiger partial charge in [0, 0.05) is 31.9 Å². The van der Waals surface area contributed by atoms with E-state index in [9.17, 15) is 4.79 Å². The van der Waals surface area contributed by atoms with Gasteiger partial charge in [-0.25, -0.2) is 4.98 Å². The lowest BCUT2D eigenvalue weighted by atomic mass is 10.2. The first-order valence-corrected chi connectivity index (χ1v) is 9.97. The van der Waals surface area contributed by atoms with Crippen LogP contribution in [-0.4, -0.2) is 62.4 Å². The van der Waals surface area contributed by atoms with Crippen molar-refractivity contribution in [1.82, 2.24) is 25.2 Å². The Morgan fingerprint density at radius 1 is 1.14 bits per heavy atom. The Balaban J connectivity index is 1.41. The van der Waals surface area contributed by atoms with E-state index in [1.807, 2.05) is 18.2 Å². The van der Waals surface area contributed by atoms with Crippen molar-refractivity contribution in [2.45, 2.75) is 6.54 Å². The van der Waals surface area contributed by atoms with E-state index in [0.29, 0.717) is 15.9 Å². The number of hydrogen-bond donors (Lipinski definition) is 1. The Labute approximate surface area is 174 Å². The third-order valence-corrected chi connectivity index (χ3v) is 6.06. The molecule has 3 aromatic rings. The summed E-state index contributed by atoms with van der Waals surface area (Å²) in [7, 11) is 0. The first kappa shape index (κ1) is 18.9. The van der Waals surface area contributed by atoms with E-state index in [0.717, 1.165) is 46.7 Å². The number of carbonyl (C=O) groups is 1. The lowest BCUT2D eigenvalue weighted by molar-refractivity contribution is -0.138. The molecule has 0 atom stereocenters. The zero-order chi connectivity index (χ0) is 19.7. The fourth-order valence-electron chi connectivity index (χ4n) is 2.88. The van der Waals surface area contributed by atoms with Gasteiger partial charge >= 0.3 is 5.97 Å². The van der Waals surface area contributed by atoms with Crippen LogP contribution in [0.1, 0.15) is 0 Å². The van der Waals surface area contributed by atoms with E-state index < -0.39 is 5.97 Å². The summed E-state index contributed by atoms with van der Waals surface area (Å²) < 4.78 is 0. The number of halogens is 2. The lowest BCUT2D eigenvalue weighted by Gasteiger charge is -2.36. The summed E-state index contributed by atoms with van der Waals surface area (Å²) in [5.74, 6) is -0.645. The molecule has 12 heteroatoms. The second kappa shape index (κ2) is 7.90. The molecule has 2 aromatic heterocycles. The molecule has 3 heterocycles. The Morgan fingerprint density at radius 2 is 1.89 bits per heavy atom. The van der Waals surface area contributed by atoms with Crippen molar-refractivity contribution in [3.63, 3.8) is 0 Å². The number of aromatic nitrogens is 5. The van der Waals surface area contributed by atoms with Gasteiger partial charge in [0.05, 0.1) is 21.1 Å². The number of nitrogens with zero attached hydrogens (tertiary/aromatic N) is 7. The number of anilines is 2. The van der Waals surface area contributed by atoms with Crippen LogP contribution >= 0.6 is 34.5 Å². The molecule has 28 heavy (non-hydrogen) atoms. The molecule has 0 bridgehead atoms. The molecule has 1 aromatic carbocycles. The molecule has 4 rings (SSSR count). The topological polar surface area (TPSA) is 100 Å². The molecule has 0 radical (unpaired) electrons. The quantitative estimate of drug-likeness (QED) is 0.646. The summed E-state index contributed by atoms with van der Waals surface area (Å²) in [5.41, 5.74) is 1.05. The SMILES string of the molecule is O=C(O)Cn1nnc(-c2cnc(N3CCN(c4ccc(Cl)c(Cl)c4)CC3)s2)n1. The monoisotopic (exact) mass is 439 g/mol. The number of piperazine rings is 1. The van der Waals surface area contributed by atoms with E-state index in [2.05, 4.69) is 30.2 Å². The minimum absolute atomic E-state index is 0.324. The third kappa shape index (κ3) is 4.03. The first-order valence-electron chi connectivity index (χ1n) is 8.40. The van der Waals surface area contributed by atoms with Crippen molar-refractivity contribution in [3.8, 4) is 10.7 Å². The fraction of sp³-hybridized carbons (Fsp3) is 0.312. The van der Waals surface area contributed by atoms with Gasteiger partial charge in [-0.2, -0.15) is 4.80 Å². The van der Waals surface area contributed by atoms with E-state index in [4.69, 9.17) is 28.3 Å². The van der Waals surface area contributed by atoms with Crippen LogP contribution in [0.4, 0.5) is 10.8 Å². The van der Waals surface area contributed by atoms with Crippen molar-refractivity contribution < 1.29 is 9.90 Å². The summed E-state index contributed by atoms with van der Waals surface area (Å²) in [6.07, 6.45) is 1.69. The molecular weight excluding hydrogens is 425 g/mol. The molecule has 146 valence electrons. The molecule has 1 aliphatic heterocycles. The van der Waals surface area contributed by atoms with Gasteiger partial charge < -0.3 is 14.9 Å². The van der Waals surface area contributed by atoms with Gasteiger partial charge in [0.2, 0.25) is 5.82 Å². The van der Waals surface area contributed by atoms with Crippen LogP contribution in [0.5, 0.6) is 0 Å². The predicted octanol–water partition coefficient (Wildman–Crippen LogP) is 2.51. The van der Waals surface area contributed by atoms with Gasteiger partial charge in [0.15, 0.2) is 11.7 Å². The first-order chi connectivity index (χ1) is 13.5. The molecule has 0 amide bonds. The highest BCUT2D eigenvalue weighted by molar-refractivity contribution is 7.18. The van der Waals surface area contributed by atoms with Crippen LogP contribution in [0, 0.1) is 0 Å². The lowest BCUT2D eigenvalue weighted by Crippen LogP contribution is -2.46. The van der Waals surface area contributed by atoms with Crippen molar-refractivity contribution >= 4 is 51.3 Å². The fourth-order valence-corrected chi connectivity index (χ4v) is 4.07. The molecule has 9 nitrogen and oxygen atoms in total. The third-order valence-electron chi connectivity index (χ3n) is 4.26. The zero-order valence-electron chi connectivity index (χ0n) is 14.5. The largest absolute Gasteiger partial charge is 0.480 e. The van der Waals surface area contributed by atoms with E-state index in [-0.39, 0.29) is 6.54 Å². The molecule has 0 aliphatic carbocycles. The summed E-state index contributed by atoms with van der Waals surface area (Å²) in [5, 5.41) is 22.5. The van der Waals surface area contributed by atoms with Crippen LogP contribution in [-0.2, 0) is 11.3 Å². The number of thiazole rings is 1. The Morgan fingerprint density at radius 3 is 2.61 bits per heavy atom. The maximum Gasteiger partial charge on any atom is 0.327 e. The maximum atomic E-state index is 10.7. The number of rotatable bonds is 5. The minimum Gasteiger partial charge on any atom is -0.480 e. The van der Waals surface area contributed by atoms with Crippen molar-refractivity contribution in [2.75, 3.05) is 36.0 Å². The van der Waals surface area contributed by atoms with Crippen LogP contribution in [0.3, 0.4) is 0 Å². The molecular formula is C16H15Cl2N7O2S. The highest BCUT2D eigenvalue weighted by atomic mass is 35.5. The van der Waals surface area contributed by atoms with Crippen molar-refractivity contribution in [2.24, 2.45) is 0 Å². The van der Waals surface area contributed by atoms with Gasteiger partial charge in [-0.05, 0) is 23.4 Å². The number of carboxylic acids is 1. The average molecular weight is 440 g/mol. The van der Waals surface area contributed by atoms with Crippen LogP contribution < -0.4 is 9.80 Å². The summed E-state index contributed by atoms with van der Waals surface area (Å²) in [4.78, 5) is 21.4. The molecule has 0 unspecified atom stereocenters. The normalized spacial score (nSPS) is 14.5. The van der Waals surface area contributed by atoms with Crippen molar-refractivity contribution in [1.29, 1.82) is 0 Å². The number of aliphatic carboxylic acids is 1. The highest BCUT2D eigenvalue weighted by Crippen LogP contribution is 2.31. The maximum absolute atomic E-state index is 10.7. The van der Waals surface area contributed by atoms with E-state index in [1.54, 1.807) is 6.20 Å². The predicted molar refractivity (Wildman–Crippen MR) is 107 cm³/mol. The van der Waals surface area contributed by atoms with Crippen LogP contribution in [0.25, 0.3) is 10.7 Å². The van der Waals surface area contributed by atoms with E-state index >= 15 is 0 Å². The Kier molecular flexibility index (Phi) is 5.33. The molecule has 0 saturated carbocycles. The van der Waals surface area contributed by atoms with Gasteiger partial charge in [0.1, 0.15) is 0 Å². The molecule has 1 saturated heterocycles. The van der Waals surface area contributed by atoms with Crippen LogP contribution in [0.2, 0.25) is 10.0 Å². The van der Waals surface area contributed by atoms with Crippen molar-refractivity contribution in [3.05, 3.63) is 34.4 Å². The Hall–Kier alpha value is -2.43. The Bertz CT molecular complexity index is 1000. The smallest absolute Gasteiger partial charge is 0.327 e. The molecule has 1 N–H and O–H groups in total. The average Bonchev–Trinajstić information content (AvgIpc) is 3.33. The highest BCUT2D eigenvalue weighted by Gasteiger charge is 2.21. The van der Waals surface area contributed by atoms with Gasteiger partial charge in [0.25, 0.3) is 0 Å². The second-order valence-electron chi connectivity index (χ2n) is 6.12. The summed E-state index contributed by atoms with van der Waals surface area (Å²) in [6.45, 7) is 2.97. The number of hydrogen-bond acceptors (Lipinski definition) is 8. The van der Waals surface area contributed by atoms with Gasteiger partial charge in [-0.1, -0.05) is 34.5 Å². The summed E-state index contributed by atoms with van der Waals surface area (Å²) >= 11 is 13.6. The van der Waals surface area contributed by atoms with Crippen LogP contribution in [0.15, 0.2) is 24.4 Å².